The van der Waals surface area contributed by atoms with Crippen LogP contribution in [0.25, 0.3) is 0 Å². The van der Waals surface area contributed by atoms with E-state index in [2.05, 4.69) is 5.32 Å². The lowest BCUT2D eigenvalue weighted by molar-refractivity contribution is -0.484. The van der Waals surface area contributed by atoms with Crippen molar-refractivity contribution in [3.05, 3.63) is 70.3 Å². The lowest BCUT2D eigenvalue weighted by Crippen LogP contribution is -2.48. The molecule has 0 spiro atoms. The SMILES string of the molecule is COc1ccc(NC(C[N+](=O)[O-])C2OC3OC(C)(C)OC3C2OCc2ccccc2)cc1. The van der Waals surface area contributed by atoms with Crippen molar-refractivity contribution < 1.29 is 28.6 Å². The van der Waals surface area contributed by atoms with Gasteiger partial charge >= 0.3 is 0 Å². The largest absolute Gasteiger partial charge is 0.497 e. The lowest BCUT2D eigenvalue weighted by Gasteiger charge is -2.30. The topological polar surface area (TPSA) is 101 Å². The van der Waals surface area contributed by atoms with Crippen LogP contribution in [0.5, 0.6) is 5.75 Å². The van der Waals surface area contributed by atoms with Crippen LogP contribution < -0.4 is 10.1 Å². The number of nitro groups is 1. The molecule has 9 heteroatoms. The van der Waals surface area contributed by atoms with E-state index in [4.69, 9.17) is 23.7 Å². The van der Waals surface area contributed by atoms with Crippen molar-refractivity contribution in [1.29, 1.82) is 0 Å². The maximum atomic E-state index is 11.5. The summed E-state index contributed by atoms with van der Waals surface area (Å²) in [4.78, 5) is 11.1. The van der Waals surface area contributed by atoms with Gasteiger partial charge in [0.15, 0.2) is 12.1 Å². The fourth-order valence-electron chi connectivity index (χ4n) is 4.08. The molecule has 2 heterocycles. The van der Waals surface area contributed by atoms with Crippen molar-refractivity contribution in [2.45, 2.75) is 56.9 Å². The molecule has 0 aromatic heterocycles. The van der Waals surface area contributed by atoms with Gasteiger partial charge in [0.1, 0.15) is 30.1 Å². The van der Waals surface area contributed by atoms with Crippen LogP contribution in [0.3, 0.4) is 0 Å². The molecule has 2 fully saturated rings. The molecule has 0 radical (unpaired) electrons. The van der Waals surface area contributed by atoms with E-state index in [1.807, 2.05) is 44.2 Å². The van der Waals surface area contributed by atoms with Crippen LogP contribution in [0.1, 0.15) is 19.4 Å². The van der Waals surface area contributed by atoms with Crippen molar-refractivity contribution >= 4 is 5.69 Å². The quantitative estimate of drug-likeness (QED) is 0.465. The smallest absolute Gasteiger partial charge is 0.226 e. The molecule has 0 amide bonds. The summed E-state index contributed by atoms with van der Waals surface area (Å²) < 4.78 is 29.5. The second-order valence-electron chi connectivity index (χ2n) is 8.33. The number of fused-ring (bicyclic) bond motifs is 1. The van der Waals surface area contributed by atoms with Gasteiger partial charge in [-0.1, -0.05) is 30.3 Å². The zero-order chi connectivity index (χ0) is 22.7. The summed E-state index contributed by atoms with van der Waals surface area (Å²) in [5, 5.41) is 14.7. The number of nitrogens with one attached hydrogen (secondary N) is 1. The summed E-state index contributed by atoms with van der Waals surface area (Å²) in [6.45, 7) is 3.58. The number of benzene rings is 2. The highest BCUT2D eigenvalue weighted by Crippen LogP contribution is 2.40. The van der Waals surface area contributed by atoms with E-state index in [-0.39, 0.29) is 11.5 Å². The van der Waals surface area contributed by atoms with Crippen molar-refractivity contribution in [1.82, 2.24) is 0 Å². The Balaban J connectivity index is 1.55. The predicted molar refractivity (Wildman–Crippen MR) is 116 cm³/mol. The first-order valence-corrected chi connectivity index (χ1v) is 10.5. The Morgan fingerprint density at radius 3 is 2.50 bits per heavy atom. The van der Waals surface area contributed by atoms with Gasteiger partial charge in [0.25, 0.3) is 0 Å². The number of nitrogens with zero attached hydrogens (tertiary/aromatic N) is 1. The zero-order valence-electron chi connectivity index (χ0n) is 18.3. The van der Waals surface area contributed by atoms with Gasteiger partial charge in [0, 0.05) is 10.6 Å². The molecule has 0 aliphatic carbocycles. The summed E-state index contributed by atoms with van der Waals surface area (Å²) in [7, 11) is 1.58. The molecule has 4 rings (SSSR count). The van der Waals surface area contributed by atoms with E-state index < -0.39 is 36.4 Å². The second-order valence-corrected chi connectivity index (χ2v) is 8.33. The van der Waals surface area contributed by atoms with Crippen LogP contribution in [-0.2, 0) is 25.6 Å². The average molecular weight is 444 g/mol. The molecule has 2 aliphatic rings. The number of anilines is 1. The van der Waals surface area contributed by atoms with Crippen molar-refractivity contribution in [2.75, 3.05) is 19.0 Å². The van der Waals surface area contributed by atoms with Crippen LogP contribution in [0.4, 0.5) is 5.69 Å². The molecule has 32 heavy (non-hydrogen) atoms. The third-order valence-corrected chi connectivity index (χ3v) is 5.50. The summed E-state index contributed by atoms with van der Waals surface area (Å²) in [6, 6.07) is 16.2. The Hall–Kier alpha value is -2.72. The van der Waals surface area contributed by atoms with Crippen LogP contribution in [0, 0.1) is 10.1 Å². The Morgan fingerprint density at radius 1 is 1.12 bits per heavy atom. The number of hydrogen-bond donors (Lipinski definition) is 1. The third-order valence-electron chi connectivity index (χ3n) is 5.50. The highest BCUT2D eigenvalue weighted by molar-refractivity contribution is 5.47. The van der Waals surface area contributed by atoms with Gasteiger partial charge in [-0.3, -0.25) is 10.1 Å². The first-order chi connectivity index (χ1) is 15.3. The van der Waals surface area contributed by atoms with E-state index in [1.54, 1.807) is 31.4 Å². The monoisotopic (exact) mass is 444 g/mol. The van der Waals surface area contributed by atoms with Crippen LogP contribution in [-0.4, -0.2) is 55.0 Å². The molecule has 172 valence electrons. The maximum absolute atomic E-state index is 11.5. The van der Waals surface area contributed by atoms with Gasteiger partial charge in [-0.2, -0.15) is 0 Å². The summed E-state index contributed by atoms with van der Waals surface area (Å²) in [5.74, 6) is -0.127. The van der Waals surface area contributed by atoms with E-state index in [0.717, 1.165) is 5.56 Å². The molecule has 1 N–H and O–H groups in total. The van der Waals surface area contributed by atoms with Gasteiger partial charge in [0.2, 0.25) is 6.54 Å². The minimum atomic E-state index is -0.823. The highest BCUT2D eigenvalue weighted by atomic mass is 16.8. The summed E-state index contributed by atoms with van der Waals surface area (Å²) in [5.41, 5.74) is 1.70. The van der Waals surface area contributed by atoms with Crippen molar-refractivity contribution in [2.24, 2.45) is 0 Å². The van der Waals surface area contributed by atoms with Crippen LogP contribution in [0.2, 0.25) is 0 Å². The number of ether oxygens (including phenoxy) is 5. The van der Waals surface area contributed by atoms with E-state index in [1.165, 1.54) is 0 Å². The fourth-order valence-corrected chi connectivity index (χ4v) is 4.08. The van der Waals surface area contributed by atoms with Crippen LogP contribution >= 0.6 is 0 Å². The lowest BCUT2D eigenvalue weighted by atomic mass is 10.0. The maximum Gasteiger partial charge on any atom is 0.226 e. The van der Waals surface area contributed by atoms with Gasteiger partial charge in [-0.25, -0.2) is 0 Å². The fraction of sp³-hybridized carbons (Fsp3) is 0.478. The van der Waals surface area contributed by atoms with Gasteiger partial charge in [0.05, 0.1) is 13.7 Å². The Morgan fingerprint density at radius 2 is 1.84 bits per heavy atom. The molecule has 2 aliphatic heterocycles. The zero-order valence-corrected chi connectivity index (χ0v) is 18.3. The first kappa shape index (κ1) is 22.5. The summed E-state index contributed by atoms with van der Waals surface area (Å²) in [6.07, 6.45) is -2.37. The molecular formula is C23H28N2O7. The average Bonchev–Trinajstić information content (AvgIpc) is 3.24. The second kappa shape index (κ2) is 9.41. The molecule has 5 atom stereocenters. The molecular weight excluding hydrogens is 416 g/mol. The standard InChI is InChI=1S/C23H28N2O7/c1-23(2)31-21-20(29-14-15-7-5-4-6-8-15)19(30-22(21)32-23)18(13-25(26)27)24-16-9-11-17(28-3)12-10-16/h4-12,18-22,24H,13-14H2,1-3H3. The summed E-state index contributed by atoms with van der Waals surface area (Å²) >= 11 is 0. The Kier molecular flexibility index (Phi) is 6.61. The van der Waals surface area contributed by atoms with Crippen LogP contribution in [0.15, 0.2) is 54.6 Å². The van der Waals surface area contributed by atoms with Crippen molar-refractivity contribution in [3.8, 4) is 5.75 Å². The number of rotatable bonds is 9. The molecule has 0 bridgehead atoms. The number of hydrogen-bond acceptors (Lipinski definition) is 8. The molecule has 5 unspecified atom stereocenters. The number of methoxy groups -OCH3 is 1. The highest BCUT2D eigenvalue weighted by Gasteiger charge is 2.57. The first-order valence-electron chi connectivity index (χ1n) is 10.5. The van der Waals surface area contributed by atoms with Gasteiger partial charge in [-0.05, 0) is 43.7 Å². The normalized spacial score (nSPS) is 27.0. The minimum Gasteiger partial charge on any atom is -0.497 e. The van der Waals surface area contributed by atoms with E-state index in [0.29, 0.717) is 18.0 Å². The molecule has 2 aromatic rings. The third kappa shape index (κ3) is 5.18. The van der Waals surface area contributed by atoms with Crippen molar-refractivity contribution in [3.63, 3.8) is 0 Å². The molecule has 0 saturated carbocycles. The minimum absolute atomic E-state index is 0.325. The van der Waals surface area contributed by atoms with Gasteiger partial charge < -0.3 is 29.0 Å². The Bertz CT molecular complexity index is 906. The molecule has 9 nitrogen and oxygen atoms in total. The molecule has 2 aromatic carbocycles. The predicted octanol–water partition coefficient (Wildman–Crippen LogP) is 3.21. The molecule has 2 saturated heterocycles. The van der Waals surface area contributed by atoms with Gasteiger partial charge in [-0.15, -0.1) is 0 Å². The Labute approximate surface area is 186 Å². The van der Waals surface area contributed by atoms with E-state index >= 15 is 0 Å². The van der Waals surface area contributed by atoms with E-state index in [9.17, 15) is 10.1 Å².